The van der Waals surface area contributed by atoms with Crippen LogP contribution in [0.15, 0.2) is 0 Å². The standard InChI is InChI=1S/C11H22N2O/c1-3-7-12(2)11(14)6-10-13-8-4-5-9-13/h3-10H2,1-2H3. The van der Waals surface area contributed by atoms with Crippen molar-refractivity contribution in [3.8, 4) is 0 Å². The second-order valence-electron chi connectivity index (χ2n) is 4.11. The normalized spacial score (nSPS) is 17.3. The van der Waals surface area contributed by atoms with Crippen LogP contribution in [-0.2, 0) is 4.79 Å². The van der Waals surface area contributed by atoms with E-state index in [1.54, 1.807) is 0 Å². The molecule has 0 aromatic heterocycles. The van der Waals surface area contributed by atoms with Crippen LogP contribution in [0.4, 0.5) is 0 Å². The molecule has 1 aliphatic rings. The molecule has 0 aromatic rings. The molecule has 82 valence electrons. The van der Waals surface area contributed by atoms with Crippen LogP contribution in [0.1, 0.15) is 32.6 Å². The van der Waals surface area contributed by atoms with E-state index in [4.69, 9.17) is 0 Å². The average molecular weight is 198 g/mol. The Morgan fingerprint density at radius 1 is 1.36 bits per heavy atom. The summed E-state index contributed by atoms with van der Waals surface area (Å²) >= 11 is 0. The van der Waals surface area contributed by atoms with E-state index in [-0.39, 0.29) is 0 Å². The predicted molar refractivity (Wildman–Crippen MR) is 58.2 cm³/mol. The molecule has 0 radical (unpaired) electrons. The van der Waals surface area contributed by atoms with E-state index < -0.39 is 0 Å². The Kier molecular flexibility index (Phi) is 4.94. The molecule has 0 atom stereocenters. The molecule has 1 aliphatic heterocycles. The summed E-state index contributed by atoms with van der Waals surface area (Å²) in [6.07, 6.45) is 4.35. The fraction of sp³-hybridized carbons (Fsp3) is 0.909. The van der Waals surface area contributed by atoms with Crippen molar-refractivity contribution in [1.82, 2.24) is 9.80 Å². The summed E-state index contributed by atoms with van der Waals surface area (Å²) in [7, 11) is 1.90. The van der Waals surface area contributed by atoms with E-state index in [1.165, 1.54) is 25.9 Å². The molecule has 3 heteroatoms. The third-order valence-electron chi connectivity index (χ3n) is 2.83. The molecule has 1 rings (SSSR count). The number of carbonyl (C=O) groups excluding carboxylic acids is 1. The van der Waals surface area contributed by atoms with Crippen LogP contribution in [0.25, 0.3) is 0 Å². The van der Waals surface area contributed by atoms with Crippen LogP contribution >= 0.6 is 0 Å². The first kappa shape index (κ1) is 11.5. The van der Waals surface area contributed by atoms with Crippen LogP contribution in [0.2, 0.25) is 0 Å². The minimum Gasteiger partial charge on any atom is -0.346 e. The number of nitrogens with zero attached hydrogens (tertiary/aromatic N) is 2. The zero-order chi connectivity index (χ0) is 10.4. The summed E-state index contributed by atoms with van der Waals surface area (Å²) in [4.78, 5) is 15.8. The van der Waals surface area contributed by atoms with E-state index in [0.717, 1.165) is 19.5 Å². The fourth-order valence-electron chi connectivity index (χ4n) is 1.91. The van der Waals surface area contributed by atoms with Gasteiger partial charge in [-0.15, -0.1) is 0 Å². The van der Waals surface area contributed by atoms with E-state index in [2.05, 4.69) is 11.8 Å². The Hall–Kier alpha value is -0.570. The van der Waals surface area contributed by atoms with Crippen molar-refractivity contribution >= 4 is 5.91 Å². The van der Waals surface area contributed by atoms with E-state index in [0.29, 0.717) is 12.3 Å². The van der Waals surface area contributed by atoms with Crippen LogP contribution in [0.3, 0.4) is 0 Å². The van der Waals surface area contributed by atoms with Gasteiger partial charge in [-0.05, 0) is 32.4 Å². The van der Waals surface area contributed by atoms with Gasteiger partial charge in [0.05, 0.1) is 0 Å². The number of hydrogen-bond donors (Lipinski definition) is 0. The molecule has 3 nitrogen and oxygen atoms in total. The lowest BCUT2D eigenvalue weighted by atomic mass is 10.3. The Labute approximate surface area is 87.1 Å². The van der Waals surface area contributed by atoms with Crippen LogP contribution < -0.4 is 0 Å². The molecular formula is C11H22N2O. The number of likely N-dealkylation sites (tertiary alicyclic amines) is 1. The Morgan fingerprint density at radius 3 is 2.57 bits per heavy atom. The number of rotatable bonds is 5. The van der Waals surface area contributed by atoms with E-state index in [9.17, 15) is 4.79 Å². The third-order valence-corrected chi connectivity index (χ3v) is 2.83. The monoisotopic (exact) mass is 198 g/mol. The summed E-state index contributed by atoms with van der Waals surface area (Å²) in [5.41, 5.74) is 0. The quantitative estimate of drug-likeness (QED) is 0.665. The van der Waals surface area contributed by atoms with Gasteiger partial charge in [-0.3, -0.25) is 4.79 Å². The van der Waals surface area contributed by atoms with Gasteiger partial charge >= 0.3 is 0 Å². The summed E-state index contributed by atoms with van der Waals surface area (Å²) in [5.74, 6) is 0.291. The van der Waals surface area contributed by atoms with Crippen molar-refractivity contribution in [3.63, 3.8) is 0 Å². The average Bonchev–Trinajstić information content (AvgIpc) is 2.67. The van der Waals surface area contributed by atoms with Crippen LogP contribution in [-0.4, -0.2) is 48.9 Å². The zero-order valence-electron chi connectivity index (χ0n) is 9.46. The molecule has 0 N–H and O–H groups in total. The summed E-state index contributed by atoms with van der Waals surface area (Å²) in [6.45, 7) is 6.31. The first-order chi connectivity index (χ1) is 6.74. The summed E-state index contributed by atoms with van der Waals surface area (Å²) < 4.78 is 0. The van der Waals surface area contributed by atoms with Crippen molar-refractivity contribution in [1.29, 1.82) is 0 Å². The van der Waals surface area contributed by atoms with E-state index >= 15 is 0 Å². The lowest BCUT2D eigenvalue weighted by Crippen LogP contribution is -2.31. The van der Waals surface area contributed by atoms with Crippen molar-refractivity contribution in [2.45, 2.75) is 32.6 Å². The highest BCUT2D eigenvalue weighted by atomic mass is 16.2. The molecule has 0 aliphatic carbocycles. The van der Waals surface area contributed by atoms with Crippen LogP contribution in [0, 0.1) is 0 Å². The van der Waals surface area contributed by atoms with Crippen molar-refractivity contribution in [3.05, 3.63) is 0 Å². The predicted octanol–water partition coefficient (Wildman–Crippen LogP) is 1.34. The molecule has 14 heavy (non-hydrogen) atoms. The molecule has 1 heterocycles. The minimum atomic E-state index is 0.291. The summed E-state index contributed by atoms with van der Waals surface area (Å²) in [5, 5.41) is 0. The highest BCUT2D eigenvalue weighted by Gasteiger charge is 2.14. The number of amides is 1. The molecule has 0 spiro atoms. The first-order valence-corrected chi connectivity index (χ1v) is 5.70. The Balaban J connectivity index is 2.13. The molecule has 0 aromatic carbocycles. The smallest absolute Gasteiger partial charge is 0.223 e. The maximum absolute atomic E-state index is 11.6. The topological polar surface area (TPSA) is 23.6 Å². The van der Waals surface area contributed by atoms with Gasteiger partial charge in [0, 0.05) is 26.6 Å². The lowest BCUT2D eigenvalue weighted by molar-refractivity contribution is -0.130. The minimum absolute atomic E-state index is 0.291. The zero-order valence-corrected chi connectivity index (χ0v) is 9.46. The second kappa shape index (κ2) is 6.02. The van der Waals surface area contributed by atoms with Gasteiger partial charge in [0.2, 0.25) is 5.91 Å². The SMILES string of the molecule is CCCN(C)C(=O)CCN1CCCC1. The molecule has 1 saturated heterocycles. The fourth-order valence-corrected chi connectivity index (χ4v) is 1.91. The molecule has 0 unspecified atom stereocenters. The summed E-state index contributed by atoms with van der Waals surface area (Å²) in [6, 6.07) is 0. The Bertz CT molecular complexity index is 176. The van der Waals surface area contributed by atoms with Crippen molar-refractivity contribution < 1.29 is 4.79 Å². The molecule has 0 bridgehead atoms. The van der Waals surface area contributed by atoms with Crippen molar-refractivity contribution in [2.24, 2.45) is 0 Å². The van der Waals surface area contributed by atoms with Crippen LogP contribution in [0.5, 0.6) is 0 Å². The maximum atomic E-state index is 11.6. The van der Waals surface area contributed by atoms with Gasteiger partial charge in [-0.25, -0.2) is 0 Å². The van der Waals surface area contributed by atoms with Gasteiger partial charge in [0.15, 0.2) is 0 Å². The van der Waals surface area contributed by atoms with Gasteiger partial charge < -0.3 is 9.80 Å². The molecule has 1 amide bonds. The third kappa shape index (κ3) is 3.66. The number of hydrogen-bond acceptors (Lipinski definition) is 2. The molecular weight excluding hydrogens is 176 g/mol. The highest BCUT2D eigenvalue weighted by Crippen LogP contribution is 2.07. The molecule has 1 fully saturated rings. The highest BCUT2D eigenvalue weighted by molar-refractivity contribution is 5.76. The first-order valence-electron chi connectivity index (χ1n) is 5.70. The van der Waals surface area contributed by atoms with E-state index in [1.807, 2.05) is 11.9 Å². The van der Waals surface area contributed by atoms with Gasteiger partial charge in [0.25, 0.3) is 0 Å². The van der Waals surface area contributed by atoms with Gasteiger partial charge in [0.1, 0.15) is 0 Å². The van der Waals surface area contributed by atoms with Crippen molar-refractivity contribution in [2.75, 3.05) is 33.2 Å². The van der Waals surface area contributed by atoms with Gasteiger partial charge in [-0.1, -0.05) is 6.92 Å². The molecule has 0 saturated carbocycles. The maximum Gasteiger partial charge on any atom is 0.223 e. The Morgan fingerprint density at radius 2 is 2.00 bits per heavy atom. The van der Waals surface area contributed by atoms with Gasteiger partial charge in [-0.2, -0.15) is 0 Å². The number of carbonyl (C=O) groups is 1. The second-order valence-corrected chi connectivity index (χ2v) is 4.11. The lowest BCUT2D eigenvalue weighted by Gasteiger charge is -2.19. The largest absolute Gasteiger partial charge is 0.346 e.